The smallest absolute Gasteiger partial charge is 0.416 e. The molecule has 0 bridgehead atoms. The quantitative estimate of drug-likeness (QED) is 0.379. The van der Waals surface area contributed by atoms with E-state index < -0.39 is 11.7 Å². The summed E-state index contributed by atoms with van der Waals surface area (Å²) in [6.07, 6.45) is 1.22. The van der Waals surface area contributed by atoms with Crippen molar-refractivity contribution in [2.45, 2.75) is 65.1 Å². The third-order valence-electron chi connectivity index (χ3n) is 5.72. The zero-order valence-electron chi connectivity index (χ0n) is 20.0. The summed E-state index contributed by atoms with van der Waals surface area (Å²) < 4.78 is 43.7. The second-order valence-corrected chi connectivity index (χ2v) is 8.07. The van der Waals surface area contributed by atoms with Gasteiger partial charge in [-0.15, -0.1) is 0 Å². The topological polar surface area (TPSA) is 46.6 Å². The van der Waals surface area contributed by atoms with Gasteiger partial charge in [-0.1, -0.05) is 39.8 Å². The number of carbonyl (C=O) groups is 2. The maximum absolute atomic E-state index is 13.0. The minimum absolute atomic E-state index is 0.000538. The molecule has 1 aliphatic heterocycles. The molecule has 184 valence electrons. The van der Waals surface area contributed by atoms with Gasteiger partial charge in [-0.2, -0.15) is 13.2 Å². The van der Waals surface area contributed by atoms with Gasteiger partial charge in [0.05, 0.1) is 5.56 Å². The van der Waals surface area contributed by atoms with Crippen LogP contribution in [0, 0.1) is 0 Å². The van der Waals surface area contributed by atoms with Gasteiger partial charge >= 0.3 is 6.18 Å². The van der Waals surface area contributed by atoms with E-state index in [1.807, 2.05) is 17.9 Å². The van der Waals surface area contributed by atoms with Crippen LogP contribution in [0.15, 0.2) is 55.1 Å². The number of halogens is 3. The predicted molar refractivity (Wildman–Crippen MR) is 127 cm³/mol. The Bertz CT molecular complexity index is 984. The van der Waals surface area contributed by atoms with Gasteiger partial charge in [-0.25, -0.2) is 0 Å². The third-order valence-corrected chi connectivity index (χ3v) is 5.72. The second kappa shape index (κ2) is 12.4. The Morgan fingerprint density at radius 2 is 1.76 bits per heavy atom. The number of alkyl halides is 3. The maximum atomic E-state index is 13.0. The molecule has 1 atom stereocenters. The van der Waals surface area contributed by atoms with Gasteiger partial charge in [-0.3, -0.25) is 9.59 Å². The Kier molecular flexibility index (Phi) is 9.90. The summed E-state index contributed by atoms with van der Waals surface area (Å²) in [6, 6.07) is 10.1. The van der Waals surface area contributed by atoms with E-state index in [0.29, 0.717) is 30.0 Å². The lowest BCUT2D eigenvalue weighted by atomic mass is 9.95. The van der Waals surface area contributed by atoms with E-state index in [1.54, 1.807) is 12.1 Å². The van der Waals surface area contributed by atoms with Gasteiger partial charge < -0.3 is 9.64 Å². The molecular weight excluding hydrogens is 443 g/mol. The Morgan fingerprint density at radius 1 is 1.12 bits per heavy atom. The van der Waals surface area contributed by atoms with Gasteiger partial charge in [0.25, 0.3) is 5.91 Å². The molecule has 1 unspecified atom stereocenters. The minimum Gasteiger partial charge on any atom is -0.457 e. The Morgan fingerprint density at radius 3 is 2.26 bits per heavy atom. The van der Waals surface area contributed by atoms with E-state index in [1.165, 1.54) is 18.2 Å². The van der Waals surface area contributed by atoms with Gasteiger partial charge in [-0.05, 0) is 67.3 Å². The molecule has 0 N–H and O–H groups in total. The van der Waals surface area contributed by atoms with Crippen molar-refractivity contribution in [1.29, 1.82) is 0 Å². The van der Waals surface area contributed by atoms with Crippen molar-refractivity contribution in [1.82, 2.24) is 4.90 Å². The van der Waals surface area contributed by atoms with Crippen LogP contribution in [-0.2, 0) is 17.4 Å². The van der Waals surface area contributed by atoms with E-state index in [9.17, 15) is 22.8 Å². The van der Waals surface area contributed by atoms with Crippen LogP contribution in [0.3, 0.4) is 0 Å². The van der Waals surface area contributed by atoms with Gasteiger partial charge in [0.15, 0.2) is 5.78 Å². The molecule has 0 saturated carbocycles. The molecule has 1 amide bonds. The van der Waals surface area contributed by atoms with Crippen LogP contribution in [0.25, 0.3) is 0 Å². The molecule has 0 saturated heterocycles. The van der Waals surface area contributed by atoms with Crippen LogP contribution in [0.1, 0.15) is 67.9 Å². The lowest BCUT2D eigenvalue weighted by molar-refractivity contribution is -0.137. The number of ether oxygens (including phenoxy) is 1. The lowest BCUT2D eigenvalue weighted by Gasteiger charge is -2.35. The average molecular weight is 476 g/mol. The fourth-order valence-electron chi connectivity index (χ4n) is 3.79. The van der Waals surface area contributed by atoms with Crippen LogP contribution in [0.5, 0.6) is 11.5 Å². The molecule has 1 aliphatic rings. The summed E-state index contributed by atoms with van der Waals surface area (Å²) in [6.45, 7) is 10.0. The summed E-state index contributed by atoms with van der Waals surface area (Å²) in [5.74, 6) is 0.845. The number of allylic oxidation sites excluding steroid dienone is 1. The monoisotopic (exact) mass is 475 g/mol. The molecule has 0 aromatic heterocycles. The van der Waals surface area contributed by atoms with Crippen molar-refractivity contribution in [2.24, 2.45) is 0 Å². The highest BCUT2D eigenvalue weighted by atomic mass is 19.4. The molecule has 0 radical (unpaired) electrons. The Balaban J connectivity index is 0.000000604. The normalized spacial score (nSPS) is 13.9. The number of hydrogen-bond donors (Lipinski definition) is 0. The van der Waals surface area contributed by atoms with E-state index in [2.05, 4.69) is 20.4 Å². The largest absolute Gasteiger partial charge is 0.457 e. The average Bonchev–Trinajstić information content (AvgIpc) is 2.83. The zero-order chi connectivity index (χ0) is 25.3. The van der Waals surface area contributed by atoms with Crippen molar-refractivity contribution in [3.63, 3.8) is 0 Å². The van der Waals surface area contributed by atoms with Crippen LogP contribution in [0.2, 0.25) is 0 Å². The van der Waals surface area contributed by atoms with E-state index in [-0.39, 0.29) is 17.7 Å². The van der Waals surface area contributed by atoms with Crippen molar-refractivity contribution < 1.29 is 27.5 Å². The first-order valence-corrected chi connectivity index (χ1v) is 11.6. The van der Waals surface area contributed by atoms with Gasteiger partial charge in [0.2, 0.25) is 0 Å². The summed E-state index contributed by atoms with van der Waals surface area (Å²) in [5.41, 5.74) is 0.871. The molecule has 34 heavy (non-hydrogen) atoms. The standard InChI is InChI=1S/C22H24F3NO2.C5H8O/c1-3-5-17(4-2)26-13-12-15-6-9-19(14-20(15)21(26)27)28-18-10-7-16(8-11-18)22(23,24)25;1-3-5(6)4-2/h6-11,14,17H,3-5,12-13H2,1-2H3;3H,1,4H2,2H3. The molecule has 3 rings (SSSR count). The number of fused-ring (bicyclic) bond motifs is 1. The highest BCUT2D eigenvalue weighted by molar-refractivity contribution is 5.97. The van der Waals surface area contributed by atoms with E-state index in [0.717, 1.165) is 43.4 Å². The third kappa shape index (κ3) is 7.20. The summed E-state index contributed by atoms with van der Waals surface area (Å²) >= 11 is 0. The van der Waals surface area contributed by atoms with Crippen LogP contribution >= 0.6 is 0 Å². The number of carbonyl (C=O) groups excluding carboxylic acids is 2. The first-order valence-electron chi connectivity index (χ1n) is 11.6. The fraction of sp³-hybridized carbons (Fsp3) is 0.407. The van der Waals surface area contributed by atoms with Crippen molar-refractivity contribution in [3.8, 4) is 11.5 Å². The summed E-state index contributed by atoms with van der Waals surface area (Å²) in [5, 5.41) is 0. The van der Waals surface area contributed by atoms with Crippen LogP contribution in [-0.4, -0.2) is 29.2 Å². The summed E-state index contributed by atoms with van der Waals surface area (Å²) in [7, 11) is 0. The SMILES string of the molecule is C=CC(=O)CC.CCCC(CC)N1CCc2ccc(Oc3ccc(C(F)(F)F)cc3)cc2C1=O. The molecule has 2 aromatic rings. The van der Waals surface area contributed by atoms with Crippen molar-refractivity contribution in [3.05, 3.63) is 71.8 Å². The highest BCUT2D eigenvalue weighted by Crippen LogP contribution is 2.32. The molecular formula is C27H32F3NO3. The number of benzene rings is 2. The Labute approximate surface area is 199 Å². The van der Waals surface area contributed by atoms with Crippen LogP contribution < -0.4 is 4.74 Å². The molecule has 1 heterocycles. The molecule has 7 heteroatoms. The number of ketones is 1. The van der Waals surface area contributed by atoms with Gasteiger partial charge in [0.1, 0.15) is 11.5 Å². The van der Waals surface area contributed by atoms with Crippen LogP contribution in [0.4, 0.5) is 13.2 Å². The predicted octanol–water partition coefficient (Wildman–Crippen LogP) is 7.23. The highest BCUT2D eigenvalue weighted by Gasteiger charge is 2.31. The second-order valence-electron chi connectivity index (χ2n) is 8.07. The number of amides is 1. The van der Waals surface area contributed by atoms with Crippen molar-refractivity contribution in [2.75, 3.05) is 6.54 Å². The fourth-order valence-corrected chi connectivity index (χ4v) is 3.79. The van der Waals surface area contributed by atoms with Crippen molar-refractivity contribution >= 4 is 11.7 Å². The van der Waals surface area contributed by atoms with Gasteiger partial charge in [0, 0.05) is 24.6 Å². The molecule has 4 nitrogen and oxygen atoms in total. The maximum Gasteiger partial charge on any atom is 0.416 e. The van der Waals surface area contributed by atoms with E-state index >= 15 is 0 Å². The number of rotatable bonds is 8. The first kappa shape index (κ1) is 27.2. The molecule has 0 fully saturated rings. The Hall–Kier alpha value is -3.09. The molecule has 0 spiro atoms. The number of hydrogen-bond acceptors (Lipinski definition) is 3. The van der Waals surface area contributed by atoms with E-state index in [4.69, 9.17) is 4.74 Å². The minimum atomic E-state index is -4.38. The molecule has 0 aliphatic carbocycles. The summed E-state index contributed by atoms with van der Waals surface area (Å²) in [4.78, 5) is 25.0. The molecule has 2 aromatic carbocycles. The first-order chi connectivity index (χ1) is 16.1. The zero-order valence-corrected chi connectivity index (χ0v) is 20.0. The number of nitrogens with zero attached hydrogens (tertiary/aromatic N) is 1. The lowest BCUT2D eigenvalue weighted by Crippen LogP contribution is -2.44.